The van der Waals surface area contributed by atoms with E-state index in [0.29, 0.717) is 48.6 Å². The van der Waals surface area contributed by atoms with Crippen molar-refractivity contribution in [2.24, 2.45) is 0 Å². The largest absolute Gasteiger partial charge is 0.490 e. The van der Waals surface area contributed by atoms with E-state index in [9.17, 15) is 4.79 Å². The average molecular weight is 445 g/mol. The minimum Gasteiger partial charge on any atom is -0.490 e. The molecule has 2 rings (SSSR count). The van der Waals surface area contributed by atoms with Gasteiger partial charge in [0, 0.05) is 11.3 Å². The van der Waals surface area contributed by atoms with E-state index >= 15 is 0 Å². The van der Waals surface area contributed by atoms with Crippen molar-refractivity contribution in [1.29, 1.82) is 0 Å². The highest BCUT2D eigenvalue weighted by Gasteiger charge is 2.19. The molecule has 0 saturated carbocycles. The van der Waals surface area contributed by atoms with Crippen molar-refractivity contribution < 1.29 is 19.0 Å². The van der Waals surface area contributed by atoms with Gasteiger partial charge in [-0.3, -0.25) is 10.1 Å². The second kappa shape index (κ2) is 12.2. The van der Waals surface area contributed by atoms with Gasteiger partial charge in [0.2, 0.25) is 5.75 Å². The Morgan fingerprint density at radius 3 is 2.10 bits per heavy atom. The molecule has 0 radical (unpaired) electrons. The fourth-order valence-corrected chi connectivity index (χ4v) is 3.31. The van der Waals surface area contributed by atoms with Crippen molar-refractivity contribution in [3.63, 3.8) is 0 Å². The van der Waals surface area contributed by atoms with E-state index in [4.69, 9.17) is 26.4 Å². The van der Waals surface area contributed by atoms with Gasteiger partial charge in [0.1, 0.15) is 0 Å². The van der Waals surface area contributed by atoms with Crippen molar-refractivity contribution in [3.8, 4) is 17.2 Å². The first-order chi connectivity index (χ1) is 14.9. The number of amides is 1. The molecule has 2 aromatic carbocycles. The summed E-state index contributed by atoms with van der Waals surface area (Å²) in [7, 11) is 0. The summed E-state index contributed by atoms with van der Waals surface area (Å²) in [5.74, 6) is 1.42. The summed E-state index contributed by atoms with van der Waals surface area (Å²) in [5, 5.41) is 6.13. The number of carbonyl (C=O) groups is 1. The molecule has 0 aliphatic rings. The van der Waals surface area contributed by atoms with Crippen LogP contribution >= 0.6 is 12.2 Å². The van der Waals surface area contributed by atoms with Gasteiger partial charge in [-0.15, -0.1) is 0 Å². The fraction of sp³-hybridized carbons (Fsp3) is 0.417. The van der Waals surface area contributed by atoms with E-state index in [1.54, 1.807) is 12.1 Å². The summed E-state index contributed by atoms with van der Waals surface area (Å²) in [5.41, 5.74) is 2.41. The van der Waals surface area contributed by atoms with Gasteiger partial charge in [-0.1, -0.05) is 32.0 Å². The Labute approximate surface area is 190 Å². The third kappa shape index (κ3) is 6.59. The number of benzene rings is 2. The lowest BCUT2D eigenvalue weighted by Gasteiger charge is -2.18. The maximum absolute atomic E-state index is 12.9. The van der Waals surface area contributed by atoms with Crippen molar-refractivity contribution >= 4 is 28.9 Å². The molecule has 0 aliphatic carbocycles. The molecule has 0 aromatic heterocycles. The molecule has 1 atom stereocenters. The SMILES string of the molecule is CCOc1cc(C(=O)NC(=S)Nc2ccccc2C(C)CC)cc(OCC)c1OCC. The normalized spacial score (nSPS) is 11.4. The van der Waals surface area contributed by atoms with Crippen LogP contribution in [0.2, 0.25) is 0 Å². The number of carbonyl (C=O) groups excluding carboxylic acids is 1. The van der Waals surface area contributed by atoms with Crippen LogP contribution in [0.4, 0.5) is 5.69 Å². The van der Waals surface area contributed by atoms with E-state index in [0.717, 1.165) is 17.7 Å². The molecular formula is C24H32N2O4S. The van der Waals surface area contributed by atoms with Crippen molar-refractivity contribution in [2.75, 3.05) is 25.1 Å². The van der Waals surface area contributed by atoms with Crippen LogP contribution in [0.1, 0.15) is 62.9 Å². The van der Waals surface area contributed by atoms with Gasteiger partial charge >= 0.3 is 0 Å². The smallest absolute Gasteiger partial charge is 0.257 e. The van der Waals surface area contributed by atoms with E-state index in [-0.39, 0.29) is 11.0 Å². The Kier molecular flexibility index (Phi) is 9.59. The minimum atomic E-state index is -0.358. The maximum atomic E-state index is 12.9. The molecule has 2 N–H and O–H groups in total. The van der Waals surface area contributed by atoms with Crippen molar-refractivity contribution in [2.45, 2.75) is 47.0 Å². The molecule has 168 valence electrons. The summed E-state index contributed by atoms with van der Waals surface area (Å²) in [6, 6.07) is 11.2. The van der Waals surface area contributed by atoms with Crippen LogP contribution < -0.4 is 24.8 Å². The molecule has 0 fully saturated rings. The topological polar surface area (TPSA) is 68.8 Å². The molecule has 0 spiro atoms. The number of thiocarbonyl (C=S) groups is 1. The number of para-hydroxylation sites is 1. The lowest BCUT2D eigenvalue weighted by molar-refractivity contribution is 0.0976. The zero-order chi connectivity index (χ0) is 22.8. The lowest BCUT2D eigenvalue weighted by atomic mass is 9.97. The Morgan fingerprint density at radius 1 is 0.968 bits per heavy atom. The predicted molar refractivity (Wildman–Crippen MR) is 129 cm³/mol. The lowest BCUT2D eigenvalue weighted by Crippen LogP contribution is -2.34. The Hall–Kier alpha value is -2.80. The molecule has 2 aromatic rings. The van der Waals surface area contributed by atoms with Gasteiger partial charge in [0.25, 0.3) is 5.91 Å². The molecule has 0 heterocycles. The van der Waals surface area contributed by atoms with E-state index in [1.807, 2.05) is 39.0 Å². The second-order valence-corrected chi connectivity index (χ2v) is 7.31. The zero-order valence-corrected chi connectivity index (χ0v) is 19.7. The first-order valence-corrected chi connectivity index (χ1v) is 11.1. The molecule has 0 saturated heterocycles. The van der Waals surface area contributed by atoms with Crippen molar-refractivity contribution in [1.82, 2.24) is 5.32 Å². The van der Waals surface area contributed by atoms with Gasteiger partial charge < -0.3 is 19.5 Å². The zero-order valence-electron chi connectivity index (χ0n) is 18.9. The van der Waals surface area contributed by atoms with E-state index in [1.165, 1.54) is 0 Å². The molecule has 7 heteroatoms. The van der Waals surface area contributed by atoms with Crippen LogP contribution in [0.25, 0.3) is 0 Å². The van der Waals surface area contributed by atoms with Crippen molar-refractivity contribution in [3.05, 3.63) is 47.5 Å². The van der Waals surface area contributed by atoms with Gasteiger partial charge in [-0.05, 0) is 69.1 Å². The summed E-state index contributed by atoms with van der Waals surface area (Å²) >= 11 is 5.40. The number of hydrogen-bond donors (Lipinski definition) is 2. The van der Waals surface area contributed by atoms with Gasteiger partial charge in [-0.2, -0.15) is 0 Å². The van der Waals surface area contributed by atoms with Crippen LogP contribution in [0.15, 0.2) is 36.4 Å². The highest BCUT2D eigenvalue weighted by molar-refractivity contribution is 7.80. The van der Waals surface area contributed by atoms with Crippen LogP contribution in [-0.4, -0.2) is 30.8 Å². The Balaban J connectivity index is 2.24. The molecule has 1 unspecified atom stereocenters. The number of hydrogen-bond acceptors (Lipinski definition) is 5. The Bertz CT molecular complexity index is 874. The predicted octanol–water partition coefficient (Wildman–Crippen LogP) is 5.52. The molecular weight excluding hydrogens is 412 g/mol. The summed E-state index contributed by atoms with van der Waals surface area (Å²) in [6.45, 7) is 11.2. The highest BCUT2D eigenvalue weighted by atomic mass is 32.1. The maximum Gasteiger partial charge on any atom is 0.257 e. The molecule has 1 amide bonds. The second-order valence-electron chi connectivity index (χ2n) is 6.91. The number of ether oxygens (including phenoxy) is 3. The minimum absolute atomic E-state index is 0.227. The highest BCUT2D eigenvalue weighted by Crippen LogP contribution is 2.39. The standard InChI is InChI=1S/C24H32N2O4S/c1-6-16(5)18-12-10-11-13-19(18)25-24(31)26-23(27)17-14-20(28-7-2)22(30-9-4)21(15-17)29-8-3/h10-16H,6-9H2,1-5H3,(H2,25,26,27,31). The van der Waals surface area contributed by atoms with Crippen LogP contribution in [-0.2, 0) is 0 Å². The van der Waals surface area contributed by atoms with Crippen LogP contribution in [0.3, 0.4) is 0 Å². The van der Waals surface area contributed by atoms with Gasteiger partial charge in [0.05, 0.1) is 19.8 Å². The monoisotopic (exact) mass is 444 g/mol. The first-order valence-electron chi connectivity index (χ1n) is 10.7. The molecule has 6 nitrogen and oxygen atoms in total. The third-order valence-corrected chi connectivity index (χ3v) is 4.95. The Morgan fingerprint density at radius 2 is 1.55 bits per heavy atom. The summed E-state index contributed by atoms with van der Waals surface area (Å²) < 4.78 is 17.1. The van der Waals surface area contributed by atoms with Crippen LogP contribution in [0.5, 0.6) is 17.2 Å². The van der Waals surface area contributed by atoms with E-state index in [2.05, 4.69) is 30.5 Å². The summed E-state index contributed by atoms with van der Waals surface area (Å²) in [4.78, 5) is 12.9. The van der Waals surface area contributed by atoms with Crippen LogP contribution in [0, 0.1) is 0 Å². The summed E-state index contributed by atoms with van der Waals surface area (Å²) in [6.07, 6.45) is 1.00. The number of nitrogens with one attached hydrogen (secondary N) is 2. The van der Waals surface area contributed by atoms with Gasteiger partial charge in [0.15, 0.2) is 16.6 Å². The average Bonchev–Trinajstić information content (AvgIpc) is 2.75. The molecule has 0 aliphatic heterocycles. The number of rotatable bonds is 10. The van der Waals surface area contributed by atoms with Gasteiger partial charge in [-0.25, -0.2) is 0 Å². The third-order valence-electron chi connectivity index (χ3n) is 4.75. The van der Waals surface area contributed by atoms with E-state index < -0.39 is 0 Å². The fourth-order valence-electron chi connectivity index (χ4n) is 3.11. The number of anilines is 1. The quantitative estimate of drug-likeness (QED) is 0.470. The first kappa shape index (κ1) is 24.5. The molecule has 0 bridgehead atoms. The molecule has 31 heavy (non-hydrogen) atoms.